The van der Waals surface area contributed by atoms with Crippen molar-refractivity contribution in [1.29, 1.82) is 0 Å². The summed E-state index contributed by atoms with van der Waals surface area (Å²) < 4.78 is 6.82. The van der Waals surface area contributed by atoms with E-state index in [9.17, 15) is 9.59 Å². The Labute approximate surface area is 189 Å². The molecule has 2 aromatic carbocycles. The highest BCUT2D eigenvalue weighted by molar-refractivity contribution is 8.00. The molecule has 0 spiro atoms. The number of hydrogen-bond acceptors (Lipinski definition) is 6. The molecular formula is C23H23N3O3S2. The van der Waals surface area contributed by atoms with Crippen molar-refractivity contribution in [2.24, 2.45) is 0 Å². The number of carbonyl (C=O) groups is 1. The van der Waals surface area contributed by atoms with Gasteiger partial charge in [-0.1, -0.05) is 17.8 Å². The van der Waals surface area contributed by atoms with Gasteiger partial charge in [0.25, 0.3) is 5.56 Å². The van der Waals surface area contributed by atoms with Gasteiger partial charge < -0.3 is 10.1 Å². The van der Waals surface area contributed by atoms with E-state index in [1.54, 1.807) is 11.7 Å². The summed E-state index contributed by atoms with van der Waals surface area (Å²) in [5, 5.41) is 3.46. The third-order valence-electron chi connectivity index (χ3n) is 4.84. The second kappa shape index (κ2) is 9.20. The Morgan fingerprint density at radius 3 is 2.58 bits per heavy atom. The van der Waals surface area contributed by atoms with Crippen LogP contribution in [-0.2, 0) is 11.2 Å². The number of nitrogens with one attached hydrogen (secondary N) is 1. The molecule has 0 saturated heterocycles. The first kappa shape index (κ1) is 21.5. The Bertz CT molecular complexity index is 1170. The lowest BCUT2D eigenvalue weighted by Crippen LogP contribution is -2.24. The van der Waals surface area contributed by atoms with Gasteiger partial charge in [-0.15, -0.1) is 11.8 Å². The van der Waals surface area contributed by atoms with Crippen LogP contribution in [0.15, 0.2) is 57.3 Å². The largest absolute Gasteiger partial charge is 0.497 e. The average molecular weight is 454 g/mol. The molecule has 31 heavy (non-hydrogen) atoms. The van der Waals surface area contributed by atoms with Gasteiger partial charge in [0, 0.05) is 17.9 Å². The van der Waals surface area contributed by atoms with Gasteiger partial charge in [0.1, 0.15) is 5.75 Å². The van der Waals surface area contributed by atoms with Crippen LogP contribution < -0.4 is 15.6 Å². The second-order valence-electron chi connectivity index (χ2n) is 7.32. The number of ether oxygens (including phenoxy) is 1. The molecule has 0 unspecified atom stereocenters. The Balaban J connectivity index is 1.60. The van der Waals surface area contributed by atoms with E-state index >= 15 is 0 Å². The van der Waals surface area contributed by atoms with E-state index in [1.165, 1.54) is 23.5 Å². The maximum Gasteiger partial charge on any atom is 0.272 e. The van der Waals surface area contributed by atoms with E-state index in [0.717, 1.165) is 34.7 Å². The minimum absolute atomic E-state index is 0.0881. The molecule has 160 valence electrons. The smallest absolute Gasteiger partial charge is 0.272 e. The number of carbonyl (C=O) groups excluding carboxylic acids is 1. The molecule has 0 aliphatic carbocycles. The lowest BCUT2D eigenvalue weighted by molar-refractivity contribution is -0.113. The summed E-state index contributed by atoms with van der Waals surface area (Å²) in [5.41, 5.74) is 4.38. The Morgan fingerprint density at radius 2 is 1.90 bits per heavy atom. The van der Waals surface area contributed by atoms with Gasteiger partial charge in [-0.05, 0) is 61.4 Å². The van der Waals surface area contributed by atoms with Gasteiger partial charge in [0.15, 0.2) is 5.16 Å². The average Bonchev–Trinajstić information content (AvgIpc) is 3.21. The molecule has 3 aromatic rings. The van der Waals surface area contributed by atoms with E-state index < -0.39 is 0 Å². The Hall–Kier alpha value is -2.71. The molecule has 1 amide bonds. The highest BCUT2D eigenvalue weighted by Crippen LogP contribution is 2.30. The Morgan fingerprint density at radius 1 is 1.19 bits per heavy atom. The molecule has 0 atom stereocenters. The summed E-state index contributed by atoms with van der Waals surface area (Å²) in [7, 11) is 1.60. The maximum atomic E-state index is 13.2. The topological polar surface area (TPSA) is 73.2 Å². The fraction of sp³-hybridized carbons (Fsp3) is 0.261. The van der Waals surface area contributed by atoms with Gasteiger partial charge in [-0.25, -0.2) is 4.98 Å². The number of thioether (sulfide) groups is 2. The van der Waals surface area contributed by atoms with Crippen molar-refractivity contribution < 1.29 is 9.53 Å². The van der Waals surface area contributed by atoms with E-state index in [2.05, 4.69) is 11.4 Å². The molecule has 4 rings (SSSR count). The van der Waals surface area contributed by atoms with Crippen LogP contribution in [0.1, 0.15) is 16.8 Å². The van der Waals surface area contributed by atoms with Gasteiger partial charge in [-0.3, -0.25) is 14.2 Å². The van der Waals surface area contributed by atoms with Gasteiger partial charge in [0.05, 0.1) is 29.1 Å². The van der Waals surface area contributed by atoms with E-state index in [4.69, 9.17) is 9.72 Å². The number of aromatic nitrogens is 2. The summed E-state index contributed by atoms with van der Waals surface area (Å²) in [6, 6.07) is 13.2. The van der Waals surface area contributed by atoms with Gasteiger partial charge >= 0.3 is 0 Å². The number of benzene rings is 2. The third-order valence-corrected chi connectivity index (χ3v) is 6.88. The molecule has 1 aromatic heterocycles. The highest BCUT2D eigenvalue weighted by atomic mass is 32.2. The fourth-order valence-corrected chi connectivity index (χ4v) is 5.38. The van der Waals surface area contributed by atoms with Crippen LogP contribution in [-0.4, -0.2) is 34.1 Å². The summed E-state index contributed by atoms with van der Waals surface area (Å²) in [6.45, 7) is 3.99. The first-order valence-electron chi connectivity index (χ1n) is 9.88. The maximum absolute atomic E-state index is 13.2. The zero-order valence-corrected chi connectivity index (χ0v) is 19.2. The zero-order chi connectivity index (χ0) is 22.0. The molecule has 0 fully saturated rings. The predicted molar refractivity (Wildman–Crippen MR) is 126 cm³/mol. The number of hydrogen-bond donors (Lipinski definition) is 1. The molecule has 6 nitrogen and oxygen atoms in total. The molecule has 8 heteroatoms. The number of amides is 1. The predicted octanol–water partition coefficient (Wildman–Crippen LogP) is 4.24. The highest BCUT2D eigenvalue weighted by Gasteiger charge is 2.23. The van der Waals surface area contributed by atoms with E-state index in [-0.39, 0.29) is 17.2 Å². The molecule has 0 radical (unpaired) electrons. The van der Waals surface area contributed by atoms with Gasteiger partial charge in [-0.2, -0.15) is 0 Å². The van der Waals surface area contributed by atoms with Crippen LogP contribution in [0, 0.1) is 13.8 Å². The normalized spacial score (nSPS) is 12.5. The lowest BCUT2D eigenvalue weighted by atomic mass is 10.1. The third kappa shape index (κ3) is 4.80. The molecule has 1 N–H and O–H groups in total. The minimum Gasteiger partial charge on any atom is -0.497 e. The van der Waals surface area contributed by atoms with Gasteiger partial charge in [0.2, 0.25) is 5.91 Å². The number of rotatable bonds is 6. The van der Waals surface area contributed by atoms with Crippen LogP contribution in [0.5, 0.6) is 5.75 Å². The summed E-state index contributed by atoms with van der Waals surface area (Å²) >= 11 is 2.81. The van der Waals surface area contributed by atoms with Crippen LogP contribution in [0.2, 0.25) is 0 Å². The molecule has 0 saturated carbocycles. The number of fused-ring (bicyclic) bond motifs is 1. The quantitative estimate of drug-likeness (QED) is 0.445. The summed E-state index contributed by atoms with van der Waals surface area (Å²) in [5.74, 6) is 1.57. The minimum atomic E-state index is -0.139. The van der Waals surface area contributed by atoms with Crippen LogP contribution in [0.3, 0.4) is 0 Å². The van der Waals surface area contributed by atoms with Crippen molar-refractivity contribution >= 4 is 35.1 Å². The fourth-order valence-electron chi connectivity index (χ4n) is 3.52. The van der Waals surface area contributed by atoms with Crippen LogP contribution in [0.25, 0.3) is 5.69 Å². The lowest BCUT2D eigenvalue weighted by Gasteiger charge is -2.14. The van der Waals surface area contributed by atoms with E-state index in [1.807, 2.05) is 50.2 Å². The number of anilines is 1. The van der Waals surface area contributed by atoms with Crippen molar-refractivity contribution in [3.05, 3.63) is 69.6 Å². The van der Waals surface area contributed by atoms with Crippen molar-refractivity contribution in [1.82, 2.24) is 9.55 Å². The van der Waals surface area contributed by atoms with Crippen molar-refractivity contribution in [3.63, 3.8) is 0 Å². The van der Waals surface area contributed by atoms with Crippen molar-refractivity contribution in [2.45, 2.75) is 30.3 Å². The summed E-state index contributed by atoms with van der Waals surface area (Å²) in [4.78, 5) is 31.2. The molecular weight excluding hydrogens is 430 g/mol. The molecule has 1 aliphatic rings. The molecule has 0 bridgehead atoms. The molecule has 2 heterocycles. The number of nitrogens with zero attached hydrogens (tertiary/aromatic N) is 2. The second-order valence-corrected chi connectivity index (χ2v) is 9.37. The monoisotopic (exact) mass is 453 g/mol. The number of methoxy groups -OCH3 is 1. The number of aryl methyl sites for hydroxylation is 3. The summed E-state index contributed by atoms with van der Waals surface area (Å²) in [6.07, 6.45) is 0.765. The molecule has 1 aliphatic heterocycles. The first-order chi connectivity index (χ1) is 14.9. The van der Waals surface area contributed by atoms with Crippen LogP contribution in [0.4, 0.5) is 5.69 Å². The zero-order valence-electron chi connectivity index (χ0n) is 17.6. The van der Waals surface area contributed by atoms with E-state index in [0.29, 0.717) is 21.5 Å². The SMILES string of the molecule is COc1ccc(-n2c(SCC(=O)Nc3cc(C)cc(C)c3)nc3c(c2=O)SCC3)cc1. The van der Waals surface area contributed by atoms with Crippen molar-refractivity contribution in [2.75, 3.05) is 23.9 Å². The Kier molecular flexibility index (Phi) is 6.38. The first-order valence-corrected chi connectivity index (χ1v) is 11.9. The van der Waals surface area contributed by atoms with Crippen molar-refractivity contribution in [3.8, 4) is 11.4 Å². The standard InChI is InChI=1S/C23H23N3O3S2/c1-14-10-15(2)12-16(11-14)24-20(27)13-31-23-25-19-8-9-30-21(19)22(28)26(23)17-4-6-18(29-3)7-5-17/h4-7,10-12H,8-9,13H2,1-3H3,(H,24,27). The van der Waals surface area contributed by atoms with Crippen LogP contribution >= 0.6 is 23.5 Å².